The Balaban J connectivity index is 0.00000261. The number of aromatic nitrogens is 1. The van der Waals surface area contributed by atoms with Crippen molar-refractivity contribution in [2.75, 3.05) is 52.4 Å². The first kappa shape index (κ1) is 21.4. The summed E-state index contributed by atoms with van der Waals surface area (Å²) in [6.45, 7) is 7.86. The van der Waals surface area contributed by atoms with E-state index in [1.807, 2.05) is 13.0 Å². The van der Waals surface area contributed by atoms with Gasteiger partial charge in [0.2, 0.25) is 5.91 Å². The molecule has 150 valence electrons. The van der Waals surface area contributed by atoms with E-state index in [4.69, 9.17) is 4.52 Å². The number of hydrogen-bond donors (Lipinski definition) is 2. The van der Waals surface area contributed by atoms with Gasteiger partial charge in [-0.25, -0.2) is 4.79 Å². The highest BCUT2D eigenvalue weighted by atomic mass is 127. The maximum absolute atomic E-state index is 11.6. The molecule has 0 bridgehead atoms. The lowest BCUT2D eigenvalue weighted by molar-refractivity contribution is -0.124. The minimum Gasteiger partial charge on any atom is -0.364 e. The van der Waals surface area contributed by atoms with Crippen LogP contribution in [0.1, 0.15) is 12.6 Å². The molecule has 0 unspecified atom stereocenters. The number of carbonyl (C=O) groups is 2. The molecular weight excluding hydrogens is 465 g/mol. The summed E-state index contributed by atoms with van der Waals surface area (Å²) in [6.07, 6.45) is 1.59. The van der Waals surface area contributed by atoms with Gasteiger partial charge in [-0.3, -0.25) is 19.6 Å². The second-order valence-corrected chi connectivity index (χ2v) is 6.19. The van der Waals surface area contributed by atoms with E-state index in [-0.39, 0.29) is 42.5 Å². The fraction of sp³-hybridized carbons (Fsp3) is 0.625. The maximum atomic E-state index is 11.6. The molecule has 0 atom stereocenters. The average Bonchev–Trinajstić information content (AvgIpc) is 3.26. The van der Waals surface area contributed by atoms with Crippen molar-refractivity contribution >= 4 is 41.9 Å². The van der Waals surface area contributed by atoms with E-state index >= 15 is 0 Å². The summed E-state index contributed by atoms with van der Waals surface area (Å²) < 4.78 is 4.88. The Morgan fingerprint density at radius 2 is 2.11 bits per heavy atom. The van der Waals surface area contributed by atoms with Gasteiger partial charge in [0, 0.05) is 45.3 Å². The predicted molar refractivity (Wildman–Crippen MR) is 110 cm³/mol. The van der Waals surface area contributed by atoms with Crippen molar-refractivity contribution in [1.29, 1.82) is 0 Å². The molecule has 1 aromatic rings. The third kappa shape index (κ3) is 5.79. The molecular formula is C16H26IN7O3. The van der Waals surface area contributed by atoms with Gasteiger partial charge in [-0.2, -0.15) is 0 Å². The number of rotatable bonds is 6. The van der Waals surface area contributed by atoms with E-state index in [0.717, 1.165) is 50.9 Å². The minimum atomic E-state index is -0.336. The highest BCUT2D eigenvalue weighted by Gasteiger charge is 2.27. The molecule has 2 aliphatic heterocycles. The van der Waals surface area contributed by atoms with Gasteiger partial charge >= 0.3 is 6.03 Å². The van der Waals surface area contributed by atoms with Gasteiger partial charge in [0.25, 0.3) is 0 Å². The molecule has 0 radical (unpaired) electrons. The molecule has 27 heavy (non-hydrogen) atoms. The van der Waals surface area contributed by atoms with Crippen molar-refractivity contribution in [3.63, 3.8) is 0 Å². The van der Waals surface area contributed by atoms with Crippen LogP contribution < -0.4 is 10.6 Å². The van der Waals surface area contributed by atoms with Crippen LogP contribution >= 0.6 is 24.0 Å². The summed E-state index contributed by atoms with van der Waals surface area (Å²) in [5, 5.41) is 9.75. The van der Waals surface area contributed by atoms with E-state index in [1.165, 1.54) is 4.90 Å². The summed E-state index contributed by atoms with van der Waals surface area (Å²) in [4.78, 5) is 33.5. The Bertz CT molecular complexity index is 628. The third-order valence-electron chi connectivity index (χ3n) is 4.41. The lowest BCUT2D eigenvalue weighted by Gasteiger charge is -2.36. The number of amides is 3. The topological polar surface area (TPSA) is 106 Å². The van der Waals surface area contributed by atoms with Crippen LogP contribution in [0.25, 0.3) is 0 Å². The SMILES string of the molecule is CCNC(=NCCN1C(=O)CNC1=O)N1CCN(Cc2ccon2)CC1.I. The first-order chi connectivity index (χ1) is 12.7. The molecule has 2 saturated heterocycles. The van der Waals surface area contributed by atoms with Crippen LogP contribution in [-0.2, 0) is 11.3 Å². The van der Waals surface area contributed by atoms with Crippen molar-refractivity contribution in [2.24, 2.45) is 4.99 Å². The number of nitrogens with zero attached hydrogens (tertiary/aromatic N) is 5. The number of nitrogens with one attached hydrogen (secondary N) is 2. The zero-order chi connectivity index (χ0) is 18.4. The van der Waals surface area contributed by atoms with Crippen molar-refractivity contribution in [3.8, 4) is 0 Å². The molecule has 0 spiro atoms. The highest BCUT2D eigenvalue weighted by Crippen LogP contribution is 2.07. The molecule has 2 N–H and O–H groups in total. The summed E-state index contributed by atoms with van der Waals surface area (Å²) in [6, 6.07) is 1.55. The van der Waals surface area contributed by atoms with Crippen molar-refractivity contribution < 1.29 is 14.1 Å². The molecule has 3 amide bonds. The number of imide groups is 1. The van der Waals surface area contributed by atoms with Crippen LogP contribution in [-0.4, -0.2) is 90.1 Å². The van der Waals surface area contributed by atoms with E-state index in [2.05, 4.69) is 30.6 Å². The Labute approximate surface area is 175 Å². The molecule has 11 heteroatoms. The van der Waals surface area contributed by atoms with E-state index in [0.29, 0.717) is 13.1 Å². The third-order valence-corrected chi connectivity index (χ3v) is 4.41. The van der Waals surface area contributed by atoms with Gasteiger partial charge < -0.3 is 20.1 Å². The van der Waals surface area contributed by atoms with Gasteiger partial charge in [0.1, 0.15) is 6.26 Å². The number of guanidine groups is 1. The molecule has 3 heterocycles. The van der Waals surface area contributed by atoms with E-state index < -0.39 is 0 Å². The largest absolute Gasteiger partial charge is 0.364 e. The van der Waals surface area contributed by atoms with Crippen LogP contribution in [0.5, 0.6) is 0 Å². The fourth-order valence-corrected chi connectivity index (χ4v) is 3.03. The lowest BCUT2D eigenvalue weighted by Crippen LogP contribution is -2.52. The summed E-state index contributed by atoms with van der Waals surface area (Å²) in [5.74, 6) is 0.623. The Kier molecular flexibility index (Phi) is 8.28. The zero-order valence-corrected chi connectivity index (χ0v) is 17.7. The van der Waals surface area contributed by atoms with Gasteiger partial charge in [-0.05, 0) is 6.92 Å². The molecule has 2 aliphatic rings. The van der Waals surface area contributed by atoms with Gasteiger partial charge in [-0.1, -0.05) is 5.16 Å². The number of hydrogen-bond acceptors (Lipinski definition) is 6. The molecule has 0 saturated carbocycles. The number of carbonyl (C=O) groups excluding carboxylic acids is 2. The number of piperazine rings is 1. The summed E-state index contributed by atoms with van der Waals surface area (Å²) >= 11 is 0. The maximum Gasteiger partial charge on any atom is 0.324 e. The molecule has 0 aliphatic carbocycles. The zero-order valence-electron chi connectivity index (χ0n) is 15.4. The molecule has 3 rings (SSSR count). The average molecular weight is 491 g/mol. The van der Waals surface area contributed by atoms with Crippen LogP contribution in [0.4, 0.5) is 4.79 Å². The smallest absolute Gasteiger partial charge is 0.324 e. The van der Waals surface area contributed by atoms with E-state index in [1.54, 1.807) is 6.26 Å². The summed E-state index contributed by atoms with van der Waals surface area (Å²) in [5.41, 5.74) is 0.938. The predicted octanol–water partition coefficient (Wildman–Crippen LogP) is -0.0725. The van der Waals surface area contributed by atoms with Crippen LogP contribution in [0, 0.1) is 0 Å². The lowest BCUT2D eigenvalue weighted by atomic mass is 10.3. The second-order valence-electron chi connectivity index (χ2n) is 6.19. The second kappa shape index (κ2) is 10.4. The number of urea groups is 1. The monoisotopic (exact) mass is 491 g/mol. The Morgan fingerprint density at radius 1 is 1.33 bits per heavy atom. The Morgan fingerprint density at radius 3 is 2.70 bits per heavy atom. The quantitative estimate of drug-likeness (QED) is 0.248. The molecule has 0 aromatic carbocycles. The van der Waals surface area contributed by atoms with Gasteiger partial charge in [0.05, 0.1) is 25.3 Å². The fourth-order valence-electron chi connectivity index (χ4n) is 3.03. The summed E-state index contributed by atoms with van der Waals surface area (Å²) in [7, 11) is 0. The van der Waals surface area contributed by atoms with E-state index in [9.17, 15) is 9.59 Å². The van der Waals surface area contributed by atoms with Crippen molar-refractivity contribution in [2.45, 2.75) is 13.5 Å². The normalized spacial score (nSPS) is 18.5. The van der Waals surface area contributed by atoms with Crippen LogP contribution in [0.15, 0.2) is 21.8 Å². The van der Waals surface area contributed by atoms with Crippen molar-refractivity contribution in [3.05, 3.63) is 18.0 Å². The number of aliphatic imine (C=N–C) groups is 1. The van der Waals surface area contributed by atoms with Gasteiger partial charge in [0.15, 0.2) is 5.96 Å². The first-order valence-electron chi connectivity index (χ1n) is 8.90. The van der Waals surface area contributed by atoms with Crippen molar-refractivity contribution in [1.82, 2.24) is 30.5 Å². The standard InChI is InChI=1S/C16H25N7O3.HI/c1-2-17-15(18-4-5-23-14(24)11-19-16(23)25)22-8-6-21(7-9-22)12-13-3-10-26-20-13;/h3,10H,2,4-9,11-12H2,1H3,(H,17,18)(H,19,25);1H. The molecule has 2 fully saturated rings. The van der Waals surface area contributed by atoms with Crippen LogP contribution in [0.3, 0.4) is 0 Å². The molecule has 1 aromatic heterocycles. The Hall–Kier alpha value is -1.89. The van der Waals surface area contributed by atoms with Gasteiger partial charge in [-0.15, -0.1) is 24.0 Å². The highest BCUT2D eigenvalue weighted by molar-refractivity contribution is 14.0. The molecule has 10 nitrogen and oxygen atoms in total. The van der Waals surface area contributed by atoms with Crippen LogP contribution in [0.2, 0.25) is 0 Å². The minimum absolute atomic E-state index is 0. The first-order valence-corrected chi connectivity index (χ1v) is 8.90. The number of halogens is 1.